The maximum absolute atomic E-state index is 13.0. The number of fused-ring (bicyclic) bond motifs is 1. The predicted octanol–water partition coefficient (Wildman–Crippen LogP) is 2.72. The van der Waals surface area contributed by atoms with Crippen LogP contribution >= 0.6 is 0 Å². The molecule has 7 nitrogen and oxygen atoms in total. The van der Waals surface area contributed by atoms with Gasteiger partial charge in [-0.15, -0.1) is 0 Å². The molecule has 2 aromatic rings. The third kappa shape index (κ3) is 4.32. The first-order valence-electron chi connectivity index (χ1n) is 9.52. The van der Waals surface area contributed by atoms with Crippen LogP contribution in [0.1, 0.15) is 29.8 Å². The van der Waals surface area contributed by atoms with Crippen molar-refractivity contribution in [2.24, 2.45) is 0 Å². The van der Waals surface area contributed by atoms with Crippen molar-refractivity contribution in [2.75, 3.05) is 6.61 Å². The monoisotopic (exact) mass is 397 g/mol. The number of carbonyl (C=O) groups excluding carboxylic acids is 1. The summed E-state index contributed by atoms with van der Waals surface area (Å²) in [6, 6.07) is 17.2. The van der Waals surface area contributed by atoms with Crippen LogP contribution < -0.4 is 0 Å². The van der Waals surface area contributed by atoms with Crippen LogP contribution in [-0.2, 0) is 18.9 Å². The van der Waals surface area contributed by atoms with Crippen LogP contribution in [0.2, 0.25) is 0 Å². The lowest BCUT2D eigenvalue weighted by Crippen LogP contribution is -2.44. The SMILES string of the molecule is CC1(C)O[C@H]2O[C@H](COC(=O)c3ccccc3)[C@@H](/[N+]([O-])=C/c3ccccc3)[C@H]2O1. The summed E-state index contributed by atoms with van der Waals surface area (Å²) in [6.07, 6.45) is -0.498. The van der Waals surface area contributed by atoms with Crippen molar-refractivity contribution in [3.8, 4) is 0 Å². The van der Waals surface area contributed by atoms with Gasteiger partial charge in [-0.2, -0.15) is 0 Å². The van der Waals surface area contributed by atoms with Gasteiger partial charge >= 0.3 is 5.97 Å². The molecular formula is C22H23NO6. The highest BCUT2D eigenvalue weighted by atomic mass is 16.8. The van der Waals surface area contributed by atoms with Crippen LogP contribution in [0.15, 0.2) is 60.7 Å². The van der Waals surface area contributed by atoms with Crippen LogP contribution in [0.4, 0.5) is 0 Å². The topological polar surface area (TPSA) is 80.1 Å². The second kappa shape index (κ2) is 7.94. The van der Waals surface area contributed by atoms with E-state index in [1.54, 1.807) is 38.1 Å². The lowest BCUT2D eigenvalue weighted by molar-refractivity contribution is -0.514. The highest BCUT2D eigenvalue weighted by Gasteiger charge is 2.59. The first kappa shape index (κ1) is 19.6. The maximum atomic E-state index is 13.0. The third-order valence-corrected chi connectivity index (χ3v) is 4.87. The van der Waals surface area contributed by atoms with E-state index in [0.717, 1.165) is 10.3 Å². The van der Waals surface area contributed by atoms with Gasteiger partial charge in [0.2, 0.25) is 6.04 Å². The number of hydrogen-bond donors (Lipinski definition) is 0. The quantitative estimate of drug-likeness (QED) is 0.254. The van der Waals surface area contributed by atoms with Crippen LogP contribution in [0.25, 0.3) is 0 Å². The van der Waals surface area contributed by atoms with Crippen molar-refractivity contribution in [2.45, 2.75) is 44.2 Å². The van der Waals surface area contributed by atoms with E-state index in [1.165, 1.54) is 6.21 Å². The number of esters is 1. The van der Waals surface area contributed by atoms with Gasteiger partial charge in [0.05, 0.1) is 5.56 Å². The second-order valence-corrected chi connectivity index (χ2v) is 7.50. The Morgan fingerprint density at radius 1 is 1.10 bits per heavy atom. The average molecular weight is 397 g/mol. The number of benzene rings is 2. The zero-order valence-electron chi connectivity index (χ0n) is 16.3. The number of carbonyl (C=O) groups is 1. The highest BCUT2D eigenvalue weighted by molar-refractivity contribution is 5.89. The van der Waals surface area contributed by atoms with Gasteiger partial charge in [-0.1, -0.05) is 36.4 Å². The molecule has 0 unspecified atom stereocenters. The summed E-state index contributed by atoms with van der Waals surface area (Å²) in [5.41, 5.74) is 1.19. The standard InChI is InChI=1S/C22H23NO6/c1-22(2)28-19-18(23(25)13-15-9-5-3-6-10-15)17(27-21(19)29-22)14-26-20(24)16-11-7-4-8-12-16/h3-13,17-19,21H,14H2,1-2H3/b23-13-/t17-,18-,19-,21-/m1/s1. The number of nitrogens with zero attached hydrogens (tertiary/aromatic N) is 1. The van der Waals surface area contributed by atoms with Crippen molar-refractivity contribution in [1.82, 2.24) is 0 Å². The van der Waals surface area contributed by atoms with E-state index in [9.17, 15) is 10.0 Å². The van der Waals surface area contributed by atoms with Gasteiger partial charge in [-0.25, -0.2) is 9.53 Å². The average Bonchev–Trinajstić information content (AvgIpc) is 3.18. The molecule has 0 radical (unpaired) electrons. The second-order valence-electron chi connectivity index (χ2n) is 7.50. The van der Waals surface area contributed by atoms with Gasteiger partial charge in [0.15, 0.2) is 30.5 Å². The molecule has 0 spiro atoms. The Kier molecular flexibility index (Phi) is 5.36. The van der Waals surface area contributed by atoms with E-state index in [-0.39, 0.29) is 6.61 Å². The van der Waals surface area contributed by atoms with Gasteiger partial charge in [0.25, 0.3) is 0 Å². The number of hydroxylamine groups is 1. The van der Waals surface area contributed by atoms with Crippen LogP contribution in [0.5, 0.6) is 0 Å². The Balaban J connectivity index is 1.52. The minimum Gasteiger partial charge on any atom is -0.623 e. The molecule has 4 rings (SSSR count). The van der Waals surface area contributed by atoms with Crippen LogP contribution in [-0.4, -0.2) is 53.9 Å². The lowest BCUT2D eigenvalue weighted by Gasteiger charge is -2.24. The van der Waals surface area contributed by atoms with Gasteiger partial charge in [-0.3, -0.25) is 0 Å². The van der Waals surface area contributed by atoms with Crippen molar-refractivity contribution in [1.29, 1.82) is 0 Å². The molecule has 29 heavy (non-hydrogen) atoms. The molecule has 2 fully saturated rings. The number of rotatable bonds is 5. The fourth-order valence-corrected chi connectivity index (χ4v) is 3.59. The van der Waals surface area contributed by atoms with E-state index >= 15 is 0 Å². The van der Waals surface area contributed by atoms with E-state index in [4.69, 9.17) is 18.9 Å². The predicted molar refractivity (Wildman–Crippen MR) is 104 cm³/mol. The lowest BCUT2D eigenvalue weighted by atomic mass is 10.1. The largest absolute Gasteiger partial charge is 0.623 e. The van der Waals surface area contributed by atoms with Crippen molar-refractivity contribution in [3.05, 3.63) is 77.0 Å². The summed E-state index contributed by atoms with van der Waals surface area (Å²) in [5, 5.41) is 13.0. The minimum absolute atomic E-state index is 0.0834. The van der Waals surface area contributed by atoms with E-state index in [2.05, 4.69) is 0 Å². The Morgan fingerprint density at radius 2 is 1.76 bits per heavy atom. The zero-order valence-corrected chi connectivity index (χ0v) is 16.3. The molecule has 0 N–H and O–H groups in total. The minimum atomic E-state index is -0.854. The molecule has 2 heterocycles. The molecule has 0 aliphatic carbocycles. The highest BCUT2D eigenvalue weighted by Crippen LogP contribution is 2.38. The van der Waals surface area contributed by atoms with E-state index in [1.807, 2.05) is 36.4 Å². The Labute approximate surface area is 169 Å². The first-order chi connectivity index (χ1) is 13.9. The molecule has 2 saturated heterocycles. The summed E-state index contributed by atoms with van der Waals surface area (Å²) in [5.74, 6) is -1.33. The molecule has 2 aliphatic rings. The van der Waals surface area contributed by atoms with Crippen LogP contribution in [0, 0.1) is 5.21 Å². The fourth-order valence-electron chi connectivity index (χ4n) is 3.59. The molecule has 2 aliphatic heterocycles. The molecule has 152 valence electrons. The Morgan fingerprint density at radius 3 is 2.45 bits per heavy atom. The molecule has 4 atom stereocenters. The molecule has 0 aromatic heterocycles. The third-order valence-electron chi connectivity index (χ3n) is 4.87. The molecule has 0 amide bonds. The zero-order chi connectivity index (χ0) is 20.4. The molecule has 2 aromatic carbocycles. The summed E-state index contributed by atoms with van der Waals surface area (Å²) in [6.45, 7) is 3.46. The summed E-state index contributed by atoms with van der Waals surface area (Å²) in [7, 11) is 0. The van der Waals surface area contributed by atoms with Gasteiger partial charge in [0.1, 0.15) is 6.61 Å². The van der Waals surface area contributed by atoms with Gasteiger partial charge in [-0.05, 0) is 38.1 Å². The summed E-state index contributed by atoms with van der Waals surface area (Å²) < 4.78 is 23.8. The van der Waals surface area contributed by atoms with Gasteiger partial charge in [0, 0.05) is 5.56 Å². The number of ether oxygens (including phenoxy) is 4. The molecule has 0 saturated carbocycles. The smallest absolute Gasteiger partial charge is 0.338 e. The fraction of sp³-hybridized carbons (Fsp3) is 0.364. The van der Waals surface area contributed by atoms with Crippen molar-refractivity contribution < 1.29 is 28.5 Å². The molecule has 0 bridgehead atoms. The first-order valence-corrected chi connectivity index (χ1v) is 9.52. The maximum Gasteiger partial charge on any atom is 0.338 e. The molecule has 7 heteroatoms. The van der Waals surface area contributed by atoms with E-state index < -0.39 is 36.3 Å². The van der Waals surface area contributed by atoms with E-state index in [0.29, 0.717) is 5.56 Å². The van der Waals surface area contributed by atoms with Gasteiger partial charge < -0.3 is 24.2 Å². The Bertz CT molecular complexity index is 883. The Hall–Kier alpha value is -2.74. The van der Waals surface area contributed by atoms with Crippen molar-refractivity contribution in [3.63, 3.8) is 0 Å². The van der Waals surface area contributed by atoms with Crippen LogP contribution in [0.3, 0.4) is 0 Å². The summed E-state index contributed by atoms with van der Waals surface area (Å²) in [4.78, 5) is 12.3. The normalized spacial score (nSPS) is 28.1. The summed E-state index contributed by atoms with van der Waals surface area (Å²) >= 11 is 0. The molecular weight excluding hydrogens is 374 g/mol. The van der Waals surface area contributed by atoms with Crippen molar-refractivity contribution >= 4 is 12.2 Å². The number of hydrogen-bond acceptors (Lipinski definition) is 6.